The summed E-state index contributed by atoms with van der Waals surface area (Å²) in [5.41, 5.74) is 7.16. The Labute approximate surface area is 515 Å². The Hall–Kier alpha value is -11.3. The standard InChI is InChI=1S/C58H72N22O10/c1-72(2)18-11-14-60-47(81)13-16-63-52(84)41-21-34(27-75(41)5)65-54(86)43-23-36(29-77(43)7)67-56(88)45-25-38(31-79(45)9)69-58(90)49-70-46(32-80(49)10)71-50(82)39(59)12-15-62-51(83)40-20-33(26-74(40)4)64-53(85)42-22-35(28-76(42)6)66-55(87)44-24-37(30-78(44)8)68-57(89)48-61-17-19-73(48)3/h17,19-32,39H,11-16,18,59H2,1-10H3,(H,60,81)(H,62,83)(H,63,84)(H,64,85)(H,65,86)(H,66,87)(H,67,88)(H,68,89)(H,69,90)(H,71,82)/p+2/t39-/m1/s1. The van der Waals surface area contributed by atoms with Crippen LogP contribution in [0.25, 0.3) is 0 Å². The summed E-state index contributed by atoms with van der Waals surface area (Å²) in [5, 5.41) is 27.5. The number of hydrogen-bond acceptors (Lipinski definition) is 12. The maximum absolute atomic E-state index is 13.5. The highest BCUT2D eigenvalue weighted by atomic mass is 16.2. The van der Waals surface area contributed by atoms with Gasteiger partial charge < -0.3 is 100 Å². The molecule has 0 unspecified atom stereocenters. The highest BCUT2D eigenvalue weighted by molar-refractivity contribution is 6.10. The van der Waals surface area contributed by atoms with Crippen LogP contribution in [0.4, 0.5) is 39.9 Å². The lowest BCUT2D eigenvalue weighted by Gasteiger charge is -2.09. The monoisotopic (exact) mass is 1240 g/mol. The minimum absolute atomic E-state index is 0.0506. The first-order chi connectivity index (χ1) is 42.7. The molecule has 32 nitrogen and oxygen atoms in total. The highest BCUT2D eigenvalue weighted by Crippen LogP contribution is 2.23. The van der Waals surface area contributed by atoms with Crippen LogP contribution in [-0.2, 0) is 66.0 Å². The number of carbonyl (C=O) groups excluding carboxylic acids is 10. The number of imidazole rings is 2. The molecule has 0 aliphatic rings. The van der Waals surface area contributed by atoms with E-state index in [1.165, 1.54) is 82.7 Å². The predicted octanol–water partition coefficient (Wildman–Crippen LogP) is -0.162. The maximum Gasteiger partial charge on any atom is 0.291 e. The zero-order chi connectivity index (χ0) is 65.2. The summed E-state index contributed by atoms with van der Waals surface area (Å²) in [6.07, 6.45) is 15.0. The number of hydrogen-bond donors (Lipinski definition) is 12. The average molecular weight is 1240 g/mol. The van der Waals surface area contributed by atoms with Crippen LogP contribution in [0.2, 0.25) is 0 Å². The minimum atomic E-state index is -0.858. The van der Waals surface area contributed by atoms with Crippen molar-refractivity contribution < 1.29 is 58.6 Å². The summed E-state index contributed by atoms with van der Waals surface area (Å²) in [6, 6.07) is 8.09. The Morgan fingerprint density at radius 2 is 0.800 bits per heavy atom. The molecule has 0 radical (unpaired) electrons. The van der Waals surface area contributed by atoms with Gasteiger partial charge in [-0.3, -0.25) is 47.9 Å². The number of anilines is 7. The second-order valence-corrected chi connectivity index (χ2v) is 21.9. The SMILES string of the molecule is Cn1cc(NC(=O)c2cc(NC(=O)c3cc(NC(=O)c4nc(NC(=O)[C@H]([NH3+])CCNC(=O)c5cc(NC(=O)c6cc(NC(=O)c7cc(NC(=O)c8nccn8C)cn7C)cn6C)cn5C)cn4C)cn3C)cn2C)cc1C(=O)NCCC(=O)NCCC[NH+](C)C. The fraction of sp³-hybridized carbons (Fsp3) is 0.310. The molecule has 32 heteroatoms. The van der Waals surface area contributed by atoms with Gasteiger partial charge in [-0.2, -0.15) is 0 Å². The van der Waals surface area contributed by atoms with Crippen molar-refractivity contribution in [3.63, 3.8) is 0 Å². The van der Waals surface area contributed by atoms with Gasteiger partial charge in [0.1, 0.15) is 34.2 Å². The smallest absolute Gasteiger partial charge is 0.291 e. The third kappa shape index (κ3) is 16.0. The van der Waals surface area contributed by atoms with Crippen molar-refractivity contribution in [1.82, 2.24) is 62.5 Å². The van der Waals surface area contributed by atoms with Crippen molar-refractivity contribution >= 4 is 99.0 Å². The van der Waals surface area contributed by atoms with Crippen LogP contribution in [0.5, 0.6) is 0 Å². The molecule has 0 saturated carbocycles. The molecule has 90 heavy (non-hydrogen) atoms. The number of nitrogens with one attached hydrogen (secondary N) is 11. The second kappa shape index (κ2) is 28.0. The molecule has 0 aliphatic carbocycles. The molecule has 1 atom stereocenters. The molecule has 0 fully saturated rings. The highest BCUT2D eigenvalue weighted by Gasteiger charge is 2.25. The molecule has 8 aromatic heterocycles. The predicted molar refractivity (Wildman–Crippen MR) is 331 cm³/mol. The minimum Gasteiger partial charge on any atom is -0.356 e. The number of nitrogens with zero attached hydrogens (tertiary/aromatic N) is 10. The Kier molecular flexibility index (Phi) is 20.2. The first-order valence-electron chi connectivity index (χ1n) is 28.3. The molecular formula is C58H74N22O10+2. The van der Waals surface area contributed by atoms with Crippen molar-refractivity contribution in [2.45, 2.75) is 25.3 Å². The molecule has 14 N–H and O–H groups in total. The van der Waals surface area contributed by atoms with E-state index < -0.39 is 59.2 Å². The van der Waals surface area contributed by atoms with Crippen LogP contribution in [-0.4, -0.2) is 152 Å². The largest absolute Gasteiger partial charge is 0.356 e. The van der Waals surface area contributed by atoms with E-state index in [1.807, 2.05) is 14.1 Å². The number of rotatable bonds is 26. The molecule has 8 heterocycles. The van der Waals surface area contributed by atoms with Gasteiger partial charge in [0, 0.05) is 151 Å². The Morgan fingerprint density at radius 1 is 0.433 bits per heavy atom. The number of carbonyl (C=O) groups is 10. The number of aromatic nitrogens is 10. The van der Waals surface area contributed by atoms with E-state index in [0.29, 0.717) is 35.0 Å². The van der Waals surface area contributed by atoms with Crippen LogP contribution in [0, 0.1) is 0 Å². The molecule has 0 aliphatic heterocycles. The van der Waals surface area contributed by atoms with Crippen LogP contribution in [0.3, 0.4) is 0 Å². The van der Waals surface area contributed by atoms with E-state index in [-0.39, 0.29) is 89.2 Å². The lowest BCUT2D eigenvalue weighted by Crippen LogP contribution is -3.05. The maximum atomic E-state index is 13.5. The number of amides is 10. The molecule has 0 aromatic carbocycles. The van der Waals surface area contributed by atoms with Crippen LogP contribution in [0.15, 0.2) is 92.2 Å². The van der Waals surface area contributed by atoms with Gasteiger partial charge in [0.2, 0.25) is 11.7 Å². The quantitative estimate of drug-likeness (QED) is 0.0315. The molecule has 0 bridgehead atoms. The third-order valence-corrected chi connectivity index (χ3v) is 14.3. The topological polar surface area (TPSA) is 388 Å². The summed E-state index contributed by atoms with van der Waals surface area (Å²) in [5.74, 6) is -4.55. The number of aryl methyl sites for hydroxylation is 8. The summed E-state index contributed by atoms with van der Waals surface area (Å²) in [6.45, 7) is 1.67. The fourth-order valence-corrected chi connectivity index (χ4v) is 9.58. The van der Waals surface area contributed by atoms with Gasteiger partial charge in [-0.05, 0) is 36.4 Å². The van der Waals surface area contributed by atoms with Crippen molar-refractivity contribution in [2.24, 2.45) is 56.4 Å². The Morgan fingerprint density at radius 3 is 1.18 bits per heavy atom. The van der Waals surface area contributed by atoms with Gasteiger partial charge >= 0.3 is 0 Å². The molecule has 8 rings (SSSR count). The molecule has 0 spiro atoms. The van der Waals surface area contributed by atoms with Crippen molar-refractivity contribution in [3.8, 4) is 0 Å². The summed E-state index contributed by atoms with van der Waals surface area (Å²) in [7, 11) is 17.1. The summed E-state index contributed by atoms with van der Waals surface area (Å²) >= 11 is 0. The van der Waals surface area contributed by atoms with Crippen molar-refractivity contribution in [3.05, 3.63) is 138 Å². The zero-order valence-corrected chi connectivity index (χ0v) is 51.4. The molecular weight excluding hydrogens is 1160 g/mol. The van der Waals surface area contributed by atoms with Crippen LogP contribution >= 0.6 is 0 Å². The molecule has 8 aromatic rings. The van der Waals surface area contributed by atoms with E-state index >= 15 is 0 Å². The van der Waals surface area contributed by atoms with E-state index in [0.717, 1.165) is 13.0 Å². The average Bonchev–Trinajstić information content (AvgIpc) is 2.32. The Bertz CT molecular complexity index is 4060. The van der Waals surface area contributed by atoms with E-state index in [9.17, 15) is 47.9 Å². The summed E-state index contributed by atoms with van der Waals surface area (Å²) < 4.78 is 12.2. The van der Waals surface area contributed by atoms with Gasteiger partial charge in [-0.15, -0.1) is 0 Å². The van der Waals surface area contributed by atoms with Gasteiger partial charge in [0.25, 0.3) is 53.2 Å². The van der Waals surface area contributed by atoms with Crippen molar-refractivity contribution in [2.75, 3.05) is 77.5 Å². The lowest BCUT2D eigenvalue weighted by molar-refractivity contribution is -0.858. The first-order valence-corrected chi connectivity index (χ1v) is 28.3. The lowest BCUT2D eigenvalue weighted by atomic mass is 10.2. The molecule has 474 valence electrons. The van der Waals surface area contributed by atoms with Gasteiger partial charge in [0.05, 0.1) is 54.8 Å². The van der Waals surface area contributed by atoms with Crippen LogP contribution < -0.4 is 63.8 Å². The zero-order valence-electron chi connectivity index (χ0n) is 51.4. The Balaban J connectivity index is 0.758. The van der Waals surface area contributed by atoms with E-state index in [4.69, 9.17) is 0 Å². The molecule has 0 saturated heterocycles. The number of quaternary nitrogens is 2. The van der Waals surface area contributed by atoms with Gasteiger partial charge in [-0.25, -0.2) is 9.97 Å². The molecule has 10 amide bonds. The normalized spacial score (nSPS) is 11.4. The van der Waals surface area contributed by atoms with E-state index in [2.05, 4.69) is 68.9 Å². The van der Waals surface area contributed by atoms with Gasteiger partial charge in [0.15, 0.2) is 17.7 Å². The van der Waals surface area contributed by atoms with Crippen LogP contribution in [0.1, 0.15) is 103 Å². The fourth-order valence-electron chi connectivity index (χ4n) is 9.58. The first kappa shape index (κ1) is 64.7. The third-order valence-electron chi connectivity index (χ3n) is 14.3. The van der Waals surface area contributed by atoms with Gasteiger partial charge in [-0.1, -0.05) is 0 Å². The second-order valence-electron chi connectivity index (χ2n) is 21.9. The van der Waals surface area contributed by atoms with E-state index in [1.54, 1.807) is 107 Å². The van der Waals surface area contributed by atoms with Crippen molar-refractivity contribution in [1.29, 1.82) is 0 Å². The summed E-state index contributed by atoms with van der Waals surface area (Å²) in [4.78, 5) is 141.